The van der Waals surface area contributed by atoms with E-state index in [4.69, 9.17) is 40.9 Å². The van der Waals surface area contributed by atoms with Crippen LogP contribution in [0.4, 0.5) is 11.6 Å². The monoisotopic (exact) mass is 916 g/mol. The number of carbonyl (C=O) groups excluding carboxylic acids is 2. The molecule has 6 rings (SSSR count). The number of imidazole rings is 2. The van der Waals surface area contributed by atoms with Gasteiger partial charge in [-0.2, -0.15) is 30.5 Å². The number of nitrogen functional groups attached to an aromatic ring is 2. The molecule has 0 aromatic carbocycles. The third kappa shape index (κ3) is 10.1. The minimum atomic E-state index is -5.04. The zero-order chi connectivity index (χ0) is 45.8. The summed E-state index contributed by atoms with van der Waals surface area (Å²) in [5.41, 5.74) is 11.9. The number of esters is 2. The number of aliphatic hydroxyl groups is 4. The van der Waals surface area contributed by atoms with Gasteiger partial charge in [0.1, 0.15) is 59.8 Å². The SMILES string of the molecule is CCOC(=O)[C@@H](OC[C@H]1O[C@@H](n2cnc3c(N)nc(C#N)nc32)[C@H](O)[C@@H]1O)P(=O)(O)O.CCOC(=O)[C@H](OC[C@H]1O[C@@H](n2cnc3c(N)nc(C#N)nc32)[C@H](O)[C@@H]1O)P(=O)(O)O. The molecule has 0 amide bonds. The third-order valence-electron chi connectivity index (χ3n) is 8.74. The summed E-state index contributed by atoms with van der Waals surface area (Å²) in [6.07, 6.45) is -8.86. The van der Waals surface area contributed by atoms with Crippen molar-refractivity contribution in [2.45, 2.75) is 74.6 Å². The zero-order valence-electron chi connectivity index (χ0n) is 31.9. The molecular formula is C30H38N12O18P2. The minimum absolute atomic E-state index is 0.0569. The summed E-state index contributed by atoms with van der Waals surface area (Å²) >= 11 is 0. The average Bonchev–Trinajstić information content (AvgIpc) is 3.96. The normalized spacial score (nSPS) is 24.8. The van der Waals surface area contributed by atoms with Crippen molar-refractivity contribution in [1.29, 1.82) is 10.5 Å². The maximum Gasteiger partial charge on any atom is 0.365 e. The van der Waals surface area contributed by atoms with Crippen molar-refractivity contribution < 1.29 is 87.1 Å². The van der Waals surface area contributed by atoms with Crippen LogP contribution in [0.3, 0.4) is 0 Å². The summed E-state index contributed by atoms with van der Waals surface area (Å²) in [6, 6.07) is 3.46. The van der Waals surface area contributed by atoms with Crippen LogP contribution in [0.15, 0.2) is 12.7 Å². The van der Waals surface area contributed by atoms with Gasteiger partial charge in [0.25, 0.3) is 11.7 Å². The van der Waals surface area contributed by atoms with E-state index in [1.54, 1.807) is 12.1 Å². The Labute approximate surface area is 346 Å². The summed E-state index contributed by atoms with van der Waals surface area (Å²) < 4.78 is 55.8. The molecule has 2 aliphatic heterocycles. The molecule has 10 atom stereocenters. The molecule has 0 bridgehead atoms. The number of aromatic nitrogens is 8. The van der Waals surface area contributed by atoms with Gasteiger partial charge in [-0.05, 0) is 13.8 Å². The lowest BCUT2D eigenvalue weighted by atomic mass is 10.1. The van der Waals surface area contributed by atoms with Crippen molar-refractivity contribution in [2.75, 3.05) is 37.9 Å². The highest BCUT2D eigenvalue weighted by Crippen LogP contribution is 2.44. The Hall–Kier alpha value is -5.40. The van der Waals surface area contributed by atoms with Crippen LogP contribution >= 0.6 is 15.2 Å². The molecule has 2 saturated heterocycles. The lowest BCUT2D eigenvalue weighted by Crippen LogP contribution is -2.36. The highest BCUT2D eigenvalue weighted by molar-refractivity contribution is 7.53. The van der Waals surface area contributed by atoms with E-state index in [1.165, 1.54) is 35.6 Å². The second-order valence-electron chi connectivity index (χ2n) is 12.9. The molecule has 6 heterocycles. The second kappa shape index (κ2) is 19.3. The van der Waals surface area contributed by atoms with Gasteiger partial charge < -0.3 is 79.9 Å². The Morgan fingerprint density at radius 2 is 1.06 bits per heavy atom. The molecule has 12 N–H and O–H groups in total. The van der Waals surface area contributed by atoms with E-state index in [-0.39, 0.29) is 58.8 Å². The van der Waals surface area contributed by atoms with Gasteiger partial charge in [0.05, 0.1) is 39.1 Å². The Balaban J connectivity index is 0.000000234. The number of aliphatic hydroxyl groups excluding tert-OH is 4. The number of nitriles is 2. The molecular weight excluding hydrogens is 878 g/mol. The predicted octanol–water partition coefficient (Wildman–Crippen LogP) is -4.03. The molecule has 2 aliphatic rings. The third-order valence-corrected chi connectivity index (χ3v) is 10.7. The molecule has 0 unspecified atom stereocenters. The van der Waals surface area contributed by atoms with Gasteiger partial charge in [0.2, 0.25) is 11.6 Å². The Morgan fingerprint density at radius 1 is 0.710 bits per heavy atom. The van der Waals surface area contributed by atoms with Crippen molar-refractivity contribution in [3.8, 4) is 12.1 Å². The van der Waals surface area contributed by atoms with E-state index in [0.29, 0.717) is 0 Å². The van der Waals surface area contributed by atoms with Gasteiger partial charge in [0, 0.05) is 0 Å². The Kier molecular flexibility index (Phi) is 14.9. The van der Waals surface area contributed by atoms with E-state index in [2.05, 4.69) is 39.4 Å². The number of hydrogen-bond acceptors (Lipinski definition) is 24. The molecule has 4 aromatic rings. The van der Waals surface area contributed by atoms with Crippen LogP contribution in [-0.2, 0) is 47.1 Å². The van der Waals surface area contributed by atoms with Crippen LogP contribution in [0.1, 0.15) is 38.0 Å². The molecule has 2 fully saturated rings. The smallest absolute Gasteiger partial charge is 0.365 e. The van der Waals surface area contributed by atoms with Crippen LogP contribution < -0.4 is 11.5 Å². The van der Waals surface area contributed by atoms with Gasteiger partial charge in [-0.15, -0.1) is 0 Å². The maximum atomic E-state index is 11.8. The summed E-state index contributed by atoms with van der Waals surface area (Å²) in [7, 11) is -10.1. The van der Waals surface area contributed by atoms with Crippen molar-refractivity contribution in [3.05, 3.63) is 24.3 Å². The van der Waals surface area contributed by atoms with Gasteiger partial charge in [-0.3, -0.25) is 18.3 Å². The first-order valence-electron chi connectivity index (χ1n) is 17.7. The molecule has 0 spiro atoms. The van der Waals surface area contributed by atoms with Gasteiger partial charge in [-0.25, -0.2) is 19.6 Å². The standard InChI is InChI=1S/2C15H19N6O9P/c2*1-2-28-14(24)15(31(25,26)27)29-4-6-9(22)10(23)13(30-6)21-5-18-8-11(17)19-7(3-16)20-12(8)21/h2*5-6,9-10,13,15,22-23H,2,4H2,1H3,(H2,17,19,20)(H2,25,26,27)/t6-,9-,10-,13-,15+;6-,9-,10-,13-,15-/m11/s1. The molecule has 4 aromatic heterocycles. The summed E-state index contributed by atoms with van der Waals surface area (Å²) in [6.45, 7) is 1.32. The van der Waals surface area contributed by atoms with E-state index in [1.807, 2.05) is 0 Å². The molecule has 62 heavy (non-hydrogen) atoms. The Bertz CT molecular complexity index is 2300. The lowest BCUT2D eigenvalue weighted by molar-refractivity contribution is -0.156. The lowest BCUT2D eigenvalue weighted by Gasteiger charge is -2.20. The molecule has 32 heteroatoms. The topological polar surface area (TPSA) is 472 Å². The maximum absolute atomic E-state index is 11.8. The molecule has 30 nitrogen and oxygen atoms in total. The first kappa shape index (κ1) is 47.6. The number of hydrogen-bond donors (Lipinski definition) is 10. The highest BCUT2D eigenvalue weighted by atomic mass is 31.2. The number of rotatable bonds is 14. The van der Waals surface area contributed by atoms with Crippen LogP contribution in [0.25, 0.3) is 22.3 Å². The fourth-order valence-electron chi connectivity index (χ4n) is 5.95. The molecule has 0 aliphatic carbocycles. The van der Waals surface area contributed by atoms with Gasteiger partial charge >= 0.3 is 27.1 Å². The number of anilines is 2. The summed E-state index contributed by atoms with van der Waals surface area (Å²) in [5, 5.41) is 59.5. The predicted molar refractivity (Wildman–Crippen MR) is 198 cm³/mol. The van der Waals surface area contributed by atoms with E-state index in [9.17, 15) is 58.7 Å². The first-order valence-corrected chi connectivity index (χ1v) is 21.0. The first-order chi connectivity index (χ1) is 29.2. The van der Waals surface area contributed by atoms with E-state index >= 15 is 0 Å². The number of fused-ring (bicyclic) bond motifs is 2. The summed E-state index contributed by atoms with van der Waals surface area (Å²) in [5.74, 6) is -7.66. The van der Waals surface area contributed by atoms with E-state index in [0.717, 1.165) is 0 Å². The number of nitrogens with zero attached hydrogens (tertiary/aromatic N) is 10. The average molecular weight is 917 g/mol. The largest absolute Gasteiger partial charge is 0.464 e. The van der Waals surface area contributed by atoms with Crippen LogP contribution in [0.5, 0.6) is 0 Å². The molecule has 0 radical (unpaired) electrons. The number of carbonyl (C=O) groups is 2. The fourth-order valence-corrected chi connectivity index (χ4v) is 7.21. The fraction of sp³-hybridized carbons (Fsp3) is 0.533. The van der Waals surface area contributed by atoms with Crippen molar-refractivity contribution >= 4 is 61.1 Å². The highest BCUT2D eigenvalue weighted by Gasteiger charge is 2.48. The zero-order valence-corrected chi connectivity index (χ0v) is 33.7. The molecule has 336 valence electrons. The second-order valence-corrected chi connectivity index (χ2v) is 16.2. The Morgan fingerprint density at radius 3 is 1.37 bits per heavy atom. The number of ether oxygens (including phenoxy) is 6. The quantitative estimate of drug-likeness (QED) is 0.0425. The van der Waals surface area contributed by atoms with Crippen molar-refractivity contribution in [1.82, 2.24) is 39.0 Å². The molecule has 0 saturated carbocycles. The van der Waals surface area contributed by atoms with Crippen LogP contribution in [0.2, 0.25) is 0 Å². The van der Waals surface area contributed by atoms with Gasteiger partial charge in [0.15, 0.2) is 35.4 Å². The van der Waals surface area contributed by atoms with Crippen molar-refractivity contribution in [3.63, 3.8) is 0 Å². The number of nitrogens with two attached hydrogens (primary N) is 2. The van der Waals surface area contributed by atoms with Gasteiger partial charge in [-0.1, -0.05) is 0 Å². The van der Waals surface area contributed by atoms with Crippen LogP contribution in [0, 0.1) is 22.7 Å². The van der Waals surface area contributed by atoms with Crippen molar-refractivity contribution in [2.24, 2.45) is 0 Å². The van der Waals surface area contributed by atoms with Crippen LogP contribution in [-0.4, -0.2) is 166 Å². The van der Waals surface area contributed by atoms with E-state index < -0.39 is 101 Å². The summed E-state index contributed by atoms with van der Waals surface area (Å²) in [4.78, 5) is 84.3. The minimum Gasteiger partial charge on any atom is -0.464 e.